The van der Waals surface area contributed by atoms with Gasteiger partial charge in [0, 0.05) is 31.6 Å². The summed E-state index contributed by atoms with van der Waals surface area (Å²) in [6.45, 7) is 7.04. The third kappa shape index (κ3) is 3.76. The van der Waals surface area contributed by atoms with Crippen molar-refractivity contribution >= 4 is 6.09 Å². The van der Waals surface area contributed by atoms with Crippen molar-refractivity contribution in [3.8, 4) is 11.1 Å². The highest BCUT2D eigenvalue weighted by atomic mass is 16.5. The topological polar surface area (TPSA) is 41.6 Å². The Morgan fingerprint density at radius 3 is 2.26 bits per heavy atom. The molecular formula is C23H26N2O2. The summed E-state index contributed by atoms with van der Waals surface area (Å²) in [5, 5.41) is 3.04. The second-order valence-corrected chi connectivity index (χ2v) is 7.33. The molecule has 4 rings (SSSR count). The number of piperidine rings is 1. The molecule has 0 spiro atoms. The molecule has 1 aliphatic heterocycles. The Hall–Kier alpha value is -2.59. The molecular weight excluding hydrogens is 336 g/mol. The zero-order chi connectivity index (χ0) is 18.6. The van der Waals surface area contributed by atoms with E-state index in [1.54, 1.807) is 0 Å². The molecule has 4 heteroatoms. The van der Waals surface area contributed by atoms with Gasteiger partial charge in [-0.25, -0.2) is 4.79 Å². The van der Waals surface area contributed by atoms with E-state index in [-0.39, 0.29) is 18.1 Å². The maximum absolute atomic E-state index is 12.3. The summed E-state index contributed by atoms with van der Waals surface area (Å²) in [7, 11) is 0. The van der Waals surface area contributed by atoms with E-state index >= 15 is 0 Å². The van der Waals surface area contributed by atoms with Crippen LogP contribution in [-0.4, -0.2) is 43.3 Å². The van der Waals surface area contributed by atoms with Crippen molar-refractivity contribution in [2.45, 2.75) is 24.8 Å². The number of hydrogen-bond donors (Lipinski definition) is 1. The number of nitrogens with one attached hydrogen (secondary N) is 1. The molecule has 1 fully saturated rings. The summed E-state index contributed by atoms with van der Waals surface area (Å²) in [6, 6.07) is 17.0. The fourth-order valence-electron chi connectivity index (χ4n) is 4.25. The summed E-state index contributed by atoms with van der Waals surface area (Å²) < 4.78 is 5.64. The van der Waals surface area contributed by atoms with Crippen LogP contribution in [0.5, 0.6) is 0 Å². The molecule has 2 aromatic carbocycles. The molecule has 2 aromatic rings. The summed E-state index contributed by atoms with van der Waals surface area (Å²) in [5.74, 6) is 0.109. The van der Waals surface area contributed by atoms with Crippen LogP contribution in [0.2, 0.25) is 0 Å². The van der Waals surface area contributed by atoms with Gasteiger partial charge in [-0.3, -0.25) is 4.90 Å². The fourth-order valence-corrected chi connectivity index (χ4v) is 4.25. The average Bonchev–Trinajstić information content (AvgIpc) is 3.02. The standard InChI is InChI=1S/C23H26N2O2/c1-2-13-25-14-11-17(12-15-25)24-23(26)27-16-22-20-9-5-3-7-18(20)19-8-4-6-10-21(19)22/h2-10,17,22H,1,11-16H2,(H,24,26). The third-order valence-corrected chi connectivity index (χ3v) is 5.64. The molecule has 1 heterocycles. The van der Waals surface area contributed by atoms with Gasteiger partial charge in [0.1, 0.15) is 6.61 Å². The number of benzene rings is 2. The molecule has 1 saturated heterocycles. The number of alkyl carbamates (subject to hydrolysis) is 1. The Morgan fingerprint density at radius 1 is 1.07 bits per heavy atom. The third-order valence-electron chi connectivity index (χ3n) is 5.64. The highest BCUT2D eigenvalue weighted by molar-refractivity contribution is 5.79. The Labute approximate surface area is 160 Å². The molecule has 0 saturated carbocycles. The van der Waals surface area contributed by atoms with Gasteiger partial charge in [0.2, 0.25) is 0 Å². The first-order valence-corrected chi connectivity index (χ1v) is 9.71. The lowest BCUT2D eigenvalue weighted by Crippen LogP contribution is -2.44. The van der Waals surface area contributed by atoms with Gasteiger partial charge in [0.25, 0.3) is 0 Å². The van der Waals surface area contributed by atoms with Gasteiger partial charge in [-0.2, -0.15) is 0 Å². The van der Waals surface area contributed by atoms with Crippen LogP contribution in [0.15, 0.2) is 61.2 Å². The minimum absolute atomic E-state index is 0.109. The van der Waals surface area contributed by atoms with Crippen LogP contribution in [0.4, 0.5) is 4.79 Å². The molecule has 0 unspecified atom stereocenters. The van der Waals surface area contributed by atoms with E-state index in [2.05, 4.69) is 65.3 Å². The van der Waals surface area contributed by atoms with Crippen molar-refractivity contribution in [2.75, 3.05) is 26.2 Å². The largest absolute Gasteiger partial charge is 0.449 e. The minimum atomic E-state index is -0.306. The zero-order valence-corrected chi connectivity index (χ0v) is 15.6. The molecule has 2 aliphatic rings. The Kier molecular flexibility index (Phi) is 5.26. The Morgan fingerprint density at radius 2 is 1.67 bits per heavy atom. The summed E-state index contributed by atoms with van der Waals surface area (Å²) in [5.41, 5.74) is 4.97. The van der Waals surface area contributed by atoms with Crippen LogP contribution in [-0.2, 0) is 4.74 Å². The average molecular weight is 362 g/mol. The van der Waals surface area contributed by atoms with Crippen molar-refractivity contribution in [3.05, 3.63) is 72.3 Å². The monoisotopic (exact) mass is 362 g/mol. The smallest absolute Gasteiger partial charge is 0.407 e. The SMILES string of the molecule is C=CCN1CCC(NC(=O)OCC2c3ccccc3-c3ccccc32)CC1. The number of rotatable bonds is 5. The molecule has 0 bridgehead atoms. The van der Waals surface area contributed by atoms with Crippen LogP contribution in [0.1, 0.15) is 29.9 Å². The number of hydrogen-bond acceptors (Lipinski definition) is 3. The van der Waals surface area contributed by atoms with E-state index in [1.165, 1.54) is 22.3 Å². The fraction of sp³-hybridized carbons (Fsp3) is 0.348. The van der Waals surface area contributed by atoms with E-state index in [4.69, 9.17) is 4.74 Å². The van der Waals surface area contributed by atoms with E-state index in [0.29, 0.717) is 6.61 Å². The van der Waals surface area contributed by atoms with Crippen LogP contribution >= 0.6 is 0 Å². The lowest BCUT2D eigenvalue weighted by molar-refractivity contribution is 0.131. The second-order valence-electron chi connectivity index (χ2n) is 7.33. The van der Waals surface area contributed by atoms with Gasteiger partial charge in [-0.1, -0.05) is 54.6 Å². The number of carbonyl (C=O) groups is 1. The molecule has 4 nitrogen and oxygen atoms in total. The zero-order valence-electron chi connectivity index (χ0n) is 15.6. The summed E-state index contributed by atoms with van der Waals surface area (Å²) in [6.07, 6.45) is 3.54. The number of amides is 1. The van der Waals surface area contributed by atoms with Crippen molar-refractivity contribution < 1.29 is 9.53 Å². The van der Waals surface area contributed by atoms with E-state index in [0.717, 1.165) is 32.5 Å². The van der Waals surface area contributed by atoms with Crippen LogP contribution in [0.3, 0.4) is 0 Å². The van der Waals surface area contributed by atoms with Crippen molar-refractivity contribution in [1.82, 2.24) is 10.2 Å². The first-order valence-electron chi connectivity index (χ1n) is 9.71. The van der Waals surface area contributed by atoms with Crippen molar-refractivity contribution in [3.63, 3.8) is 0 Å². The van der Waals surface area contributed by atoms with Crippen LogP contribution < -0.4 is 5.32 Å². The lowest BCUT2D eigenvalue weighted by Gasteiger charge is -2.31. The molecule has 0 aromatic heterocycles. The van der Waals surface area contributed by atoms with Gasteiger partial charge >= 0.3 is 6.09 Å². The molecule has 1 amide bonds. The van der Waals surface area contributed by atoms with Crippen LogP contribution in [0.25, 0.3) is 11.1 Å². The molecule has 27 heavy (non-hydrogen) atoms. The van der Waals surface area contributed by atoms with E-state index < -0.39 is 0 Å². The molecule has 1 N–H and O–H groups in total. The molecule has 0 radical (unpaired) electrons. The maximum Gasteiger partial charge on any atom is 0.407 e. The number of fused-ring (bicyclic) bond motifs is 3. The highest BCUT2D eigenvalue weighted by Gasteiger charge is 2.29. The number of nitrogens with zero attached hydrogens (tertiary/aromatic N) is 1. The van der Waals surface area contributed by atoms with Gasteiger partial charge in [-0.05, 0) is 35.1 Å². The number of ether oxygens (including phenoxy) is 1. The van der Waals surface area contributed by atoms with Gasteiger partial charge in [0.15, 0.2) is 0 Å². The predicted molar refractivity (Wildman–Crippen MR) is 108 cm³/mol. The molecule has 1 aliphatic carbocycles. The lowest BCUT2D eigenvalue weighted by atomic mass is 9.98. The Bertz CT molecular complexity index is 779. The molecule has 140 valence electrons. The maximum atomic E-state index is 12.3. The summed E-state index contributed by atoms with van der Waals surface area (Å²) >= 11 is 0. The van der Waals surface area contributed by atoms with E-state index in [1.807, 2.05) is 6.08 Å². The highest BCUT2D eigenvalue weighted by Crippen LogP contribution is 2.44. The predicted octanol–water partition coefficient (Wildman–Crippen LogP) is 4.18. The number of likely N-dealkylation sites (tertiary alicyclic amines) is 1. The van der Waals surface area contributed by atoms with Crippen molar-refractivity contribution in [2.24, 2.45) is 0 Å². The van der Waals surface area contributed by atoms with Gasteiger partial charge in [0.05, 0.1) is 0 Å². The van der Waals surface area contributed by atoms with Crippen molar-refractivity contribution in [1.29, 1.82) is 0 Å². The van der Waals surface area contributed by atoms with Gasteiger partial charge < -0.3 is 10.1 Å². The minimum Gasteiger partial charge on any atom is -0.449 e. The first-order chi connectivity index (χ1) is 13.3. The van der Waals surface area contributed by atoms with Crippen LogP contribution in [0, 0.1) is 0 Å². The number of carbonyl (C=O) groups excluding carboxylic acids is 1. The quantitative estimate of drug-likeness (QED) is 0.812. The second kappa shape index (κ2) is 7.97. The summed E-state index contributed by atoms with van der Waals surface area (Å²) in [4.78, 5) is 14.7. The van der Waals surface area contributed by atoms with E-state index in [9.17, 15) is 4.79 Å². The Balaban J connectivity index is 1.35. The van der Waals surface area contributed by atoms with Gasteiger partial charge in [-0.15, -0.1) is 6.58 Å². The normalized spacial score (nSPS) is 17.2. The first kappa shape index (κ1) is 17.8. The molecule has 0 atom stereocenters.